The van der Waals surface area contributed by atoms with Gasteiger partial charge in [0.15, 0.2) is 0 Å². The first-order chi connectivity index (χ1) is 12.4. The smallest absolute Gasteiger partial charge is 0.340 e. The number of rotatable bonds is 6. The summed E-state index contributed by atoms with van der Waals surface area (Å²) in [7, 11) is 0. The minimum absolute atomic E-state index is 0.0108. The summed E-state index contributed by atoms with van der Waals surface area (Å²) in [6.45, 7) is 1.77. The summed E-state index contributed by atoms with van der Waals surface area (Å²) < 4.78 is 4.89. The number of nitrogens with zero attached hydrogens (tertiary/aromatic N) is 1. The van der Waals surface area contributed by atoms with E-state index in [0.29, 0.717) is 0 Å². The summed E-state index contributed by atoms with van der Waals surface area (Å²) in [5.41, 5.74) is 0.271. The molecular weight excluding hydrogens is 362 g/mol. The molecule has 1 aliphatic heterocycles. The highest BCUT2D eigenvalue weighted by atomic mass is 32.2. The molecule has 0 unspecified atom stereocenters. The standard InChI is InChI=1S/C16H17N3O6S/c1-2-25-15(23)10-5-3-4-6-11(10)18-14(22)13(21)17-7-8-19-12(20)9-26-16(19)24/h3-6H,2,7-9H2,1H3,(H,17,21)(H,18,22). The number of para-hydroxylation sites is 1. The first-order valence-corrected chi connectivity index (χ1v) is 8.75. The van der Waals surface area contributed by atoms with E-state index in [2.05, 4.69) is 10.6 Å². The van der Waals surface area contributed by atoms with Crippen molar-refractivity contribution in [2.75, 3.05) is 30.8 Å². The second kappa shape index (κ2) is 8.99. The van der Waals surface area contributed by atoms with Crippen LogP contribution in [0.4, 0.5) is 10.5 Å². The van der Waals surface area contributed by atoms with Crippen LogP contribution in [-0.2, 0) is 19.1 Å². The lowest BCUT2D eigenvalue weighted by Gasteiger charge is -2.13. The lowest BCUT2D eigenvalue weighted by molar-refractivity contribution is -0.136. The molecule has 0 radical (unpaired) electrons. The van der Waals surface area contributed by atoms with Crippen LogP contribution in [0.1, 0.15) is 17.3 Å². The van der Waals surface area contributed by atoms with Crippen LogP contribution in [0.25, 0.3) is 0 Å². The van der Waals surface area contributed by atoms with Crippen molar-refractivity contribution in [3.63, 3.8) is 0 Å². The second-order valence-electron chi connectivity index (χ2n) is 5.08. The zero-order valence-corrected chi connectivity index (χ0v) is 14.8. The van der Waals surface area contributed by atoms with Gasteiger partial charge in [-0.15, -0.1) is 0 Å². The molecule has 10 heteroatoms. The molecule has 0 spiro atoms. The summed E-state index contributed by atoms with van der Waals surface area (Å²) in [6.07, 6.45) is 0. The fourth-order valence-corrected chi connectivity index (χ4v) is 2.87. The lowest BCUT2D eigenvalue weighted by Crippen LogP contribution is -2.41. The average molecular weight is 379 g/mol. The molecule has 2 rings (SSSR count). The lowest BCUT2D eigenvalue weighted by atomic mass is 10.2. The number of carbonyl (C=O) groups excluding carboxylic acids is 5. The summed E-state index contributed by atoms with van der Waals surface area (Å²) in [4.78, 5) is 59.6. The van der Waals surface area contributed by atoms with E-state index in [4.69, 9.17) is 4.74 Å². The molecule has 4 amide bonds. The number of ether oxygens (including phenoxy) is 1. The van der Waals surface area contributed by atoms with Gasteiger partial charge in [0.1, 0.15) is 0 Å². The first-order valence-electron chi connectivity index (χ1n) is 7.76. The summed E-state index contributed by atoms with van der Waals surface area (Å²) in [5.74, 6) is -2.79. The topological polar surface area (TPSA) is 122 Å². The van der Waals surface area contributed by atoms with Gasteiger partial charge in [0.25, 0.3) is 5.24 Å². The maximum Gasteiger partial charge on any atom is 0.340 e. The van der Waals surface area contributed by atoms with E-state index in [1.807, 2.05) is 0 Å². The molecule has 1 aliphatic rings. The van der Waals surface area contributed by atoms with Crippen LogP contribution in [0.3, 0.4) is 0 Å². The van der Waals surface area contributed by atoms with Gasteiger partial charge in [-0.05, 0) is 19.1 Å². The number of hydrogen-bond donors (Lipinski definition) is 2. The number of amides is 4. The van der Waals surface area contributed by atoms with Crippen LogP contribution >= 0.6 is 11.8 Å². The third-order valence-electron chi connectivity index (χ3n) is 3.34. The highest BCUT2D eigenvalue weighted by Crippen LogP contribution is 2.18. The van der Waals surface area contributed by atoms with Crippen molar-refractivity contribution in [3.8, 4) is 0 Å². The molecule has 1 aromatic rings. The fourth-order valence-electron chi connectivity index (χ4n) is 2.12. The van der Waals surface area contributed by atoms with Crippen molar-refractivity contribution in [3.05, 3.63) is 29.8 Å². The maximum absolute atomic E-state index is 12.0. The minimum Gasteiger partial charge on any atom is -0.462 e. The SMILES string of the molecule is CCOC(=O)c1ccccc1NC(=O)C(=O)NCCN1C(=O)CSC1=O. The van der Waals surface area contributed by atoms with E-state index < -0.39 is 17.8 Å². The van der Waals surface area contributed by atoms with Crippen molar-refractivity contribution in [1.29, 1.82) is 0 Å². The van der Waals surface area contributed by atoms with Crippen molar-refractivity contribution in [2.45, 2.75) is 6.92 Å². The molecule has 0 atom stereocenters. The summed E-state index contributed by atoms with van der Waals surface area (Å²) in [5, 5.41) is 4.29. The molecule has 1 aromatic carbocycles. The number of imide groups is 1. The number of thioether (sulfide) groups is 1. The van der Waals surface area contributed by atoms with Crippen LogP contribution in [-0.4, -0.2) is 59.3 Å². The van der Waals surface area contributed by atoms with Crippen LogP contribution in [0.5, 0.6) is 0 Å². The summed E-state index contributed by atoms with van der Waals surface area (Å²) in [6, 6.07) is 6.13. The number of benzene rings is 1. The van der Waals surface area contributed by atoms with Crippen molar-refractivity contribution in [1.82, 2.24) is 10.2 Å². The van der Waals surface area contributed by atoms with Gasteiger partial charge in [-0.2, -0.15) is 0 Å². The van der Waals surface area contributed by atoms with Crippen molar-refractivity contribution < 1.29 is 28.7 Å². The van der Waals surface area contributed by atoms with Gasteiger partial charge in [0, 0.05) is 13.1 Å². The van der Waals surface area contributed by atoms with Gasteiger partial charge in [0.05, 0.1) is 23.6 Å². The Hall–Kier alpha value is -2.88. The predicted octanol–water partition coefficient (Wildman–Crippen LogP) is 0.613. The normalized spacial score (nSPS) is 13.5. The number of anilines is 1. The molecule has 0 aliphatic carbocycles. The third-order valence-corrected chi connectivity index (χ3v) is 4.20. The molecule has 138 valence electrons. The van der Waals surface area contributed by atoms with Crippen LogP contribution in [0.15, 0.2) is 24.3 Å². The van der Waals surface area contributed by atoms with E-state index in [9.17, 15) is 24.0 Å². The quantitative estimate of drug-likeness (QED) is 0.549. The number of carbonyl (C=O) groups is 5. The first kappa shape index (κ1) is 19.4. The third kappa shape index (κ3) is 4.82. The van der Waals surface area contributed by atoms with Crippen molar-refractivity contribution >= 4 is 46.4 Å². The Morgan fingerprint density at radius 1 is 1.19 bits per heavy atom. The molecule has 1 fully saturated rings. The van der Waals surface area contributed by atoms with E-state index in [1.54, 1.807) is 19.1 Å². The molecular formula is C16H17N3O6S. The minimum atomic E-state index is -0.977. The fraction of sp³-hybridized carbons (Fsp3) is 0.312. The van der Waals surface area contributed by atoms with Gasteiger partial charge >= 0.3 is 17.8 Å². The second-order valence-corrected chi connectivity index (χ2v) is 6.00. The highest BCUT2D eigenvalue weighted by molar-refractivity contribution is 8.14. The Kier molecular flexibility index (Phi) is 6.73. The molecule has 0 saturated carbocycles. The van der Waals surface area contributed by atoms with E-state index in [0.717, 1.165) is 16.7 Å². The molecule has 2 N–H and O–H groups in total. The van der Waals surface area contributed by atoms with E-state index >= 15 is 0 Å². The molecule has 1 heterocycles. The predicted molar refractivity (Wildman–Crippen MR) is 93.6 cm³/mol. The van der Waals surface area contributed by atoms with E-state index in [1.165, 1.54) is 12.1 Å². The zero-order valence-electron chi connectivity index (χ0n) is 13.9. The maximum atomic E-state index is 12.0. The molecule has 1 saturated heterocycles. The molecule has 26 heavy (non-hydrogen) atoms. The number of esters is 1. The Morgan fingerprint density at radius 3 is 2.58 bits per heavy atom. The summed E-state index contributed by atoms with van der Waals surface area (Å²) >= 11 is 0.890. The molecule has 0 aromatic heterocycles. The van der Waals surface area contributed by atoms with Gasteiger partial charge in [-0.3, -0.25) is 24.1 Å². The Bertz CT molecular complexity index is 735. The largest absolute Gasteiger partial charge is 0.462 e. The van der Waals surface area contributed by atoms with Gasteiger partial charge < -0.3 is 15.4 Å². The van der Waals surface area contributed by atoms with Crippen LogP contribution in [0, 0.1) is 0 Å². The van der Waals surface area contributed by atoms with Gasteiger partial charge in [-0.1, -0.05) is 23.9 Å². The van der Waals surface area contributed by atoms with Gasteiger partial charge in [0.2, 0.25) is 5.91 Å². The number of hydrogen-bond acceptors (Lipinski definition) is 7. The monoisotopic (exact) mass is 379 g/mol. The van der Waals surface area contributed by atoms with Crippen molar-refractivity contribution in [2.24, 2.45) is 0 Å². The van der Waals surface area contributed by atoms with Crippen LogP contribution in [0.2, 0.25) is 0 Å². The zero-order chi connectivity index (χ0) is 19.1. The van der Waals surface area contributed by atoms with Crippen LogP contribution < -0.4 is 10.6 Å². The molecule has 0 bridgehead atoms. The number of nitrogens with one attached hydrogen (secondary N) is 2. The highest BCUT2D eigenvalue weighted by Gasteiger charge is 2.29. The Balaban J connectivity index is 1.89. The van der Waals surface area contributed by atoms with E-state index in [-0.39, 0.29) is 47.8 Å². The average Bonchev–Trinajstić information content (AvgIpc) is 2.94. The van der Waals surface area contributed by atoms with Gasteiger partial charge in [-0.25, -0.2) is 4.79 Å². The Morgan fingerprint density at radius 2 is 1.92 bits per heavy atom. The molecule has 9 nitrogen and oxygen atoms in total. The Labute approximate surface area is 153 Å².